The molecule has 0 heterocycles. The summed E-state index contributed by atoms with van der Waals surface area (Å²) in [5.74, 6) is 0. The van der Waals surface area contributed by atoms with Gasteiger partial charge < -0.3 is 4.90 Å². The maximum Gasteiger partial charge on any atom is 0.0393 e. The number of aryl methyl sites for hydroxylation is 1. The van der Waals surface area contributed by atoms with Gasteiger partial charge in [0, 0.05) is 19.8 Å². The van der Waals surface area contributed by atoms with Crippen LogP contribution in [-0.2, 0) is 6.42 Å². The maximum atomic E-state index is 2.30. The second kappa shape index (κ2) is 19.8. The SMILES string of the molecule is Br.CCCCCCCCCCCCCCCCCCc1ccccc1N(C)C. The second-order valence-corrected chi connectivity index (χ2v) is 8.58. The minimum absolute atomic E-state index is 0. The van der Waals surface area contributed by atoms with Crippen molar-refractivity contribution in [2.75, 3.05) is 19.0 Å². The molecule has 1 nitrogen and oxygen atoms in total. The van der Waals surface area contributed by atoms with Crippen LogP contribution in [0.2, 0.25) is 0 Å². The molecule has 0 amide bonds. The molecule has 0 radical (unpaired) electrons. The normalized spacial score (nSPS) is 10.7. The molecule has 0 aromatic heterocycles. The van der Waals surface area contributed by atoms with Crippen LogP contribution in [0.5, 0.6) is 0 Å². The standard InChI is InChI=1S/C26H47N.BrH/c1-4-5-6-7-8-9-10-11-12-13-14-15-16-17-18-19-22-25-23-20-21-24-26(25)27(2)3;/h20-21,23-24H,4-19,22H2,1-3H3;1H. The predicted octanol–water partition coefficient (Wildman–Crippen LogP) is 9.13. The lowest BCUT2D eigenvalue weighted by atomic mass is 10.0. The summed E-state index contributed by atoms with van der Waals surface area (Å²) in [5, 5.41) is 0. The third kappa shape index (κ3) is 14.5. The van der Waals surface area contributed by atoms with Crippen molar-refractivity contribution in [3.8, 4) is 0 Å². The first-order valence-corrected chi connectivity index (χ1v) is 12.0. The smallest absolute Gasteiger partial charge is 0.0393 e. The Morgan fingerprint density at radius 1 is 0.571 bits per heavy atom. The number of benzene rings is 1. The van der Waals surface area contributed by atoms with E-state index in [1.807, 2.05) is 0 Å². The summed E-state index contributed by atoms with van der Waals surface area (Å²) in [6, 6.07) is 8.85. The predicted molar refractivity (Wildman–Crippen MR) is 134 cm³/mol. The van der Waals surface area contributed by atoms with Gasteiger partial charge in [0.1, 0.15) is 0 Å². The minimum atomic E-state index is 0. The molecular weight excluding hydrogens is 406 g/mol. The molecule has 0 bridgehead atoms. The van der Waals surface area contributed by atoms with Gasteiger partial charge in [-0.3, -0.25) is 0 Å². The Morgan fingerprint density at radius 2 is 0.964 bits per heavy atom. The summed E-state index contributed by atoms with van der Waals surface area (Å²) in [7, 11) is 4.29. The van der Waals surface area contributed by atoms with Gasteiger partial charge in [-0.05, 0) is 24.5 Å². The average Bonchev–Trinajstić information content (AvgIpc) is 2.68. The van der Waals surface area contributed by atoms with Crippen LogP contribution in [0.15, 0.2) is 24.3 Å². The zero-order chi connectivity index (χ0) is 19.6. The van der Waals surface area contributed by atoms with E-state index in [1.165, 1.54) is 120 Å². The topological polar surface area (TPSA) is 3.24 Å². The molecule has 1 rings (SSSR count). The molecule has 0 saturated heterocycles. The van der Waals surface area contributed by atoms with Crippen LogP contribution >= 0.6 is 17.0 Å². The third-order valence-electron chi connectivity index (χ3n) is 5.77. The van der Waals surface area contributed by atoms with E-state index in [-0.39, 0.29) is 17.0 Å². The Labute approximate surface area is 187 Å². The van der Waals surface area contributed by atoms with Gasteiger partial charge in [0.05, 0.1) is 0 Å². The Hall–Kier alpha value is -0.500. The number of hydrogen-bond acceptors (Lipinski definition) is 1. The van der Waals surface area contributed by atoms with Gasteiger partial charge >= 0.3 is 0 Å². The number of nitrogens with zero attached hydrogens (tertiary/aromatic N) is 1. The van der Waals surface area contributed by atoms with E-state index in [9.17, 15) is 0 Å². The van der Waals surface area contributed by atoms with E-state index in [2.05, 4.69) is 50.2 Å². The first-order valence-electron chi connectivity index (χ1n) is 12.0. The molecule has 1 aromatic rings. The van der Waals surface area contributed by atoms with Crippen LogP contribution in [0.3, 0.4) is 0 Å². The van der Waals surface area contributed by atoms with Crippen LogP contribution in [-0.4, -0.2) is 14.1 Å². The van der Waals surface area contributed by atoms with Gasteiger partial charge in [0.2, 0.25) is 0 Å². The lowest BCUT2D eigenvalue weighted by Crippen LogP contribution is -2.11. The Balaban J connectivity index is 0.00000729. The molecule has 0 atom stereocenters. The summed E-state index contributed by atoms with van der Waals surface area (Å²) in [6.07, 6.45) is 24.3. The summed E-state index contributed by atoms with van der Waals surface area (Å²) < 4.78 is 0. The van der Waals surface area contributed by atoms with Crippen molar-refractivity contribution in [2.24, 2.45) is 0 Å². The molecule has 0 fully saturated rings. The van der Waals surface area contributed by atoms with E-state index in [0.717, 1.165) is 0 Å². The Bertz CT molecular complexity index is 444. The molecule has 164 valence electrons. The lowest BCUT2D eigenvalue weighted by Gasteiger charge is -2.17. The number of rotatable bonds is 18. The first kappa shape index (κ1) is 27.5. The van der Waals surface area contributed by atoms with Crippen molar-refractivity contribution in [1.82, 2.24) is 0 Å². The molecule has 1 aromatic carbocycles. The molecule has 0 spiro atoms. The van der Waals surface area contributed by atoms with Crippen LogP contribution < -0.4 is 4.90 Å². The largest absolute Gasteiger partial charge is 0.377 e. The molecule has 0 saturated carbocycles. The molecule has 0 aliphatic heterocycles. The molecule has 0 N–H and O–H groups in total. The van der Waals surface area contributed by atoms with Crippen molar-refractivity contribution < 1.29 is 0 Å². The van der Waals surface area contributed by atoms with E-state index in [1.54, 1.807) is 0 Å². The quantitative estimate of drug-likeness (QED) is 0.200. The molecule has 0 aliphatic rings. The second-order valence-electron chi connectivity index (χ2n) is 8.58. The van der Waals surface area contributed by atoms with Crippen LogP contribution in [0.4, 0.5) is 5.69 Å². The minimum Gasteiger partial charge on any atom is -0.377 e. The van der Waals surface area contributed by atoms with Crippen molar-refractivity contribution >= 4 is 22.7 Å². The van der Waals surface area contributed by atoms with Gasteiger partial charge in [0.15, 0.2) is 0 Å². The lowest BCUT2D eigenvalue weighted by molar-refractivity contribution is 0.529. The fourth-order valence-corrected chi connectivity index (χ4v) is 4.02. The van der Waals surface area contributed by atoms with Gasteiger partial charge in [-0.15, -0.1) is 17.0 Å². The van der Waals surface area contributed by atoms with Crippen molar-refractivity contribution in [2.45, 2.75) is 116 Å². The monoisotopic (exact) mass is 453 g/mol. The number of halogens is 1. The Kier molecular flexibility index (Phi) is 19.4. The summed E-state index contributed by atoms with van der Waals surface area (Å²) in [4.78, 5) is 2.24. The fraction of sp³-hybridized carbons (Fsp3) is 0.769. The van der Waals surface area contributed by atoms with Crippen LogP contribution in [0.25, 0.3) is 0 Å². The number of anilines is 1. The molecule has 2 heteroatoms. The molecule has 0 aliphatic carbocycles. The van der Waals surface area contributed by atoms with Gasteiger partial charge in [-0.2, -0.15) is 0 Å². The van der Waals surface area contributed by atoms with Gasteiger partial charge in [-0.25, -0.2) is 0 Å². The van der Waals surface area contributed by atoms with Gasteiger partial charge in [0.25, 0.3) is 0 Å². The highest BCUT2D eigenvalue weighted by atomic mass is 79.9. The van der Waals surface area contributed by atoms with E-state index < -0.39 is 0 Å². The Morgan fingerprint density at radius 3 is 1.39 bits per heavy atom. The zero-order valence-corrected chi connectivity index (χ0v) is 20.9. The molecule has 28 heavy (non-hydrogen) atoms. The summed E-state index contributed by atoms with van der Waals surface area (Å²) in [6.45, 7) is 2.30. The van der Waals surface area contributed by atoms with Crippen LogP contribution in [0, 0.1) is 0 Å². The highest BCUT2D eigenvalue weighted by Crippen LogP contribution is 2.21. The van der Waals surface area contributed by atoms with Gasteiger partial charge in [-0.1, -0.05) is 121 Å². The highest BCUT2D eigenvalue weighted by Gasteiger charge is 2.03. The summed E-state index contributed by atoms with van der Waals surface area (Å²) in [5.41, 5.74) is 2.89. The van der Waals surface area contributed by atoms with E-state index in [4.69, 9.17) is 0 Å². The molecule has 0 unspecified atom stereocenters. The van der Waals surface area contributed by atoms with Crippen molar-refractivity contribution in [1.29, 1.82) is 0 Å². The van der Waals surface area contributed by atoms with E-state index >= 15 is 0 Å². The number of hydrogen-bond donors (Lipinski definition) is 0. The third-order valence-corrected chi connectivity index (χ3v) is 5.77. The molecular formula is C26H48BrN. The summed E-state index contributed by atoms with van der Waals surface area (Å²) >= 11 is 0. The number of unbranched alkanes of at least 4 members (excludes halogenated alkanes) is 15. The zero-order valence-electron chi connectivity index (χ0n) is 19.2. The maximum absolute atomic E-state index is 2.30. The van der Waals surface area contributed by atoms with Crippen molar-refractivity contribution in [3.63, 3.8) is 0 Å². The van der Waals surface area contributed by atoms with Crippen LogP contribution in [0.1, 0.15) is 115 Å². The highest BCUT2D eigenvalue weighted by molar-refractivity contribution is 8.93. The van der Waals surface area contributed by atoms with Crippen molar-refractivity contribution in [3.05, 3.63) is 29.8 Å². The average molecular weight is 455 g/mol. The van der Waals surface area contributed by atoms with E-state index in [0.29, 0.717) is 0 Å². The fourth-order valence-electron chi connectivity index (χ4n) is 4.02. The number of para-hydroxylation sites is 1. The first-order chi connectivity index (χ1) is 13.3.